The molecule has 3 heterocycles. The molecule has 1 saturated carbocycles. The van der Waals surface area contributed by atoms with E-state index in [1.807, 2.05) is 24.4 Å². The smallest absolute Gasteiger partial charge is 0.309 e. The molecule has 124 valence electrons. The number of H-pyrrole nitrogens is 1. The van der Waals surface area contributed by atoms with E-state index in [-0.39, 0.29) is 24.1 Å². The zero-order chi connectivity index (χ0) is 16.7. The lowest BCUT2D eigenvalue weighted by molar-refractivity contribution is -0.153. The molecule has 3 aromatic heterocycles. The quantitative estimate of drug-likeness (QED) is 0.717. The largest absolute Gasteiger partial charge is 0.457 e. The maximum Gasteiger partial charge on any atom is 0.309 e. The Balaban J connectivity index is 1.61. The molecule has 1 aliphatic rings. The Hall–Kier alpha value is -1.99. The number of rotatable bonds is 4. The van der Waals surface area contributed by atoms with Crippen LogP contribution in [-0.2, 0) is 16.1 Å². The number of carbonyl (C=O) groups excluding carboxylic acids is 1. The lowest BCUT2D eigenvalue weighted by atomic mass is 9.86. The van der Waals surface area contributed by atoms with Gasteiger partial charge in [0, 0.05) is 20.7 Å². The van der Waals surface area contributed by atoms with Crippen molar-refractivity contribution in [1.82, 2.24) is 9.97 Å². The highest BCUT2D eigenvalue weighted by atomic mass is 32.1. The maximum atomic E-state index is 12.5. The van der Waals surface area contributed by atoms with Crippen LogP contribution in [0.2, 0.25) is 0 Å². The highest BCUT2D eigenvalue weighted by Crippen LogP contribution is 2.35. The van der Waals surface area contributed by atoms with Gasteiger partial charge in [-0.25, -0.2) is 4.98 Å². The summed E-state index contributed by atoms with van der Waals surface area (Å²) in [6, 6.07) is 4.06. The number of esters is 1. The number of thiophene rings is 2. The minimum atomic E-state index is -0.190. The van der Waals surface area contributed by atoms with Gasteiger partial charge in [0.1, 0.15) is 17.3 Å². The Morgan fingerprint density at radius 2 is 2.25 bits per heavy atom. The van der Waals surface area contributed by atoms with Gasteiger partial charge in [0.25, 0.3) is 5.56 Å². The highest BCUT2D eigenvalue weighted by Gasteiger charge is 2.26. The summed E-state index contributed by atoms with van der Waals surface area (Å²) in [5.41, 5.74) is 0.733. The third-order valence-corrected chi connectivity index (χ3v) is 6.19. The van der Waals surface area contributed by atoms with E-state index < -0.39 is 0 Å². The molecule has 5 nitrogen and oxygen atoms in total. The van der Waals surface area contributed by atoms with Gasteiger partial charge in [0.2, 0.25) is 0 Å². The van der Waals surface area contributed by atoms with Gasteiger partial charge in [0.15, 0.2) is 0 Å². The average Bonchev–Trinajstić information content (AvgIpc) is 3.09. The topological polar surface area (TPSA) is 72.0 Å². The molecule has 24 heavy (non-hydrogen) atoms. The number of aromatic amines is 1. The third-order valence-electron chi connectivity index (χ3n) is 4.29. The fourth-order valence-corrected chi connectivity index (χ4v) is 4.65. The molecule has 0 atom stereocenters. The van der Waals surface area contributed by atoms with Gasteiger partial charge in [-0.1, -0.05) is 6.42 Å². The van der Waals surface area contributed by atoms with Crippen molar-refractivity contribution in [3.05, 3.63) is 38.6 Å². The Labute approximate surface area is 146 Å². The first kappa shape index (κ1) is 15.5. The summed E-state index contributed by atoms with van der Waals surface area (Å²) in [7, 11) is 0. The second-order valence-corrected chi connectivity index (χ2v) is 8.13. The number of fused-ring (bicyclic) bond motifs is 1. The molecule has 0 aliphatic heterocycles. The number of nitrogens with one attached hydrogen (secondary N) is 1. The average molecular weight is 360 g/mol. The molecule has 1 N–H and O–H groups in total. The van der Waals surface area contributed by atoms with Gasteiger partial charge in [-0.3, -0.25) is 9.59 Å². The van der Waals surface area contributed by atoms with Crippen LogP contribution in [0.5, 0.6) is 0 Å². The van der Waals surface area contributed by atoms with Crippen LogP contribution in [0.3, 0.4) is 0 Å². The molecule has 0 spiro atoms. The predicted octanol–water partition coefficient (Wildman–Crippen LogP) is 3.86. The molecule has 4 rings (SSSR count). The fourth-order valence-electron chi connectivity index (χ4n) is 2.72. The maximum absolute atomic E-state index is 12.5. The van der Waals surface area contributed by atoms with Crippen molar-refractivity contribution < 1.29 is 9.53 Å². The van der Waals surface area contributed by atoms with Crippen molar-refractivity contribution >= 4 is 38.9 Å². The van der Waals surface area contributed by atoms with Crippen molar-refractivity contribution in [3.63, 3.8) is 0 Å². The number of aryl methyl sites for hydroxylation is 1. The van der Waals surface area contributed by atoms with Gasteiger partial charge >= 0.3 is 5.97 Å². The zero-order valence-corrected chi connectivity index (χ0v) is 14.8. The summed E-state index contributed by atoms with van der Waals surface area (Å²) in [5.74, 6) is 0.233. The minimum absolute atomic E-state index is 0.0197. The minimum Gasteiger partial charge on any atom is -0.457 e. The number of nitrogens with zero attached hydrogens (tertiary/aromatic N) is 1. The van der Waals surface area contributed by atoms with Crippen LogP contribution in [0.15, 0.2) is 22.3 Å². The van der Waals surface area contributed by atoms with Crippen molar-refractivity contribution in [1.29, 1.82) is 0 Å². The first-order valence-corrected chi connectivity index (χ1v) is 9.55. The van der Waals surface area contributed by atoms with Gasteiger partial charge in [0.05, 0.1) is 11.3 Å². The summed E-state index contributed by atoms with van der Waals surface area (Å²) in [6.07, 6.45) is 2.88. The molecular weight excluding hydrogens is 344 g/mol. The van der Waals surface area contributed by atoms with Crippen LogP contribution in [0, 0.1) is 12.8 Å². The van der Waals surface area contributed by atoms with E-state index in [1.165, 1.54) is 16.2 Å². The van der Waals surface area contributed by atoms with Crippen LogP contribution in [0.1, 0.15) is 30.0 Å². The highest BCUT2D eigenvalue weighted by molar-refractivity contribution is 7.19. The van der Waals surface area contributed by atoms with Gasteiger partial charge in [-0.05, 0) is 31.9 Å². The number of carbonyl (C=O) groups is 1. The lowest BCUT2D eigenvalue weighted by Crippen LogP contribution is -2.24. The SMILES string of the molecule is Cc1ccc(-c2csc3nc(COC(=O)C4CCC4)[nH]c(=O)c23)s1. The first-order valence-electron chi connectivity index (χ1n) is 7.85. The number of aromatic nitrogens is 2. The molecule has 1 aliphatic carbocycles. The van der Waals surface area contributed by atoms with Crippen molar-refractivity contribution in [2.75, 3.05) is 0 Å². The van der Waals surface area contributed by atoms with Crippen LogP contribution in [0.25, 0.3) is 20.7 Å². The van der Waals surface area contributed by atoms with Crippen molar-refractivity contribution in [3.8, 4) is 10.4 Å². The van der Waals surface area contributed by atoms with E-state index in [1.54, 1.807) is 11.3 Å². The first-order chi connectivity index (χ1) is 11.6. The van der Waals surface area contributed by atoms with Gasteiger partial charge < -0.3 is 9.72 Å². The van der Waals surface area contributed by atoms with Gasteiger partial charge in [-0.2, -0.15) is 0 Å². The Bertz CT molecular complexity index is 966. The monoisotopic (exact) mass is 360 g/mol. The van der Waals surface area contributed by atoms with E-state index in [0.29, 0.717) is 16.0 Å². The Kier molecular flexibility index (Phi) is 3.97. The molecule has 0 saturated heterocycles. The molecule has 0 bridgehead atoms. The predicted molar refractivity (Wildman–Crippen MR) is 95.4 cm³/mol. The van der Waals surface area contributed by atoms with Crippen LogP contribution >= 0.6 is 22.7 Å². The summed E-state index contributed by atoms with van der Waals surface area (Å²) in [6.45, 7) is 2.06. The third kappa shape index (κ3) is 2.78. The molecule has 0 radical (unpaired) electrons. The number of ether oxygens (including phenoxy) is 1. The second-order valence-electron chi connectivity index (χ2n) is 5.99. The van der Waals surface area contributed by atoms with Crippen molar-refractivity contribution in [2.24, 2.45) is 5.92 Å². The van der Waals surface area contributed by atoms with E-state index >= 15 is 0 Å². The molecule has 7 heteroatoms. The normalized spacial score (nSPS) is 14.7. The Morgan fingerprint density at radius 3 is 2.92 bits per heavy atom. The summed E-state index contributed by atoms with van der Waals surface area (Å²) < 4.78 is 5.27. The summed E-state index contributed by atoms with van der Waals surface area (Å²) in [5, 5.41) is 2.57. The van der Waals surface area contributed by atoms with E-state index in [2.05, 4.69) is 9.97 Å². The molecule has 1 fully saturated rings. The molecular formula is C17H16N2O3S2. The van der Waals surface area contributed by atoms with Gasteiger partial charge in [-0.15, -0.1) is 22.7 Å². The van der Waals surface area contributed by atoms with E-state index in [4.69, 9.17) is 4.74 Å². The van der Waals surface area contributed by atoms with Crippen LogP contribution in [-0.4, -0.2) is 15.9 Å². The second kappa shape index (κ2) is 6.14. The standard InChI is InChI=1S/C17H16N2O3S2/c1-9-5-6-12(24-9)11-8-23-16-14(11)15(20)18-13(19-16)7-22-17(21)10-3-2-4-10/h5-6,8,10H,2-4,7H2,1H3,(H,18,19,20). The molecule has 3 aromatic rings. The van der Waals surface area contributed by atoms with Crippen LogP contribution in [0.4, 0.5) is 0 Å². The number of hydrogen-bond acceptors (Lipinski definition) is 6. The molecule has 0 amide bonds. The molecule has 0 aromatic carbocycles. The molecule has 0 unspecified atom stereocenters. The van der Waals surface area contributed by atoms with E-state index in [9.17, 15) is 9.59 Å². The van der Waals surface area contributed by atoms with Crippen LogP contribution < -0.4 is 5.56 Å². The fraction of sp³-hybridized carbons (Fsp3) is 0.353. The zero-order valence-electron chi connectivity index (χ0n) is 13.1. The van der Waals surface area contributed by atoms with E-state index in [0.717, 1.165) is 29.7 Å². The Morgan fingerprint density at radius 1 is 1.42 bits per heavy atom. The number of hydrogen-bond donors (Lipinski definition) is 1. The lowest BCUT2D eigenvalue weighted by Gasteiger charge is -2.22. The summed E-state index contributed by atoms with van der Waals surface area (Å²) in [4.78, 5) is 34.4. The summed E-state index contributed by atoms with van der Waals surface area (Å²) >= 11 is 3.09. The van der Waals surface area contributed by atoms with Crippen molar-refractivity contribution in [2.45, 2.75) is 32.8 Å².